The quantitative estimate of drug-likeness (QED) is 0.784. The lowest BCUT2D eigenvalue weighted by atomic mass is 10.2. The van der Waals surface area contributed by atoms with Crippen LogP contribution in [0.25, 0.3) is 0 Å². The first-order valence-electron chi connectivity index (χ1n) is 5.11. The van der Waals surface area contributed by atoms with E-state index in [1.165, 1.54) is 25.7 Å². The van der Waals surface area contributed by atoms with Crippen LogP contribution in [0.5, 0.6) is 0 Å². The fourth-order valence-electron chi connectivity index (χ4n) is 2.33. The molecule has 0 aromatic carbocycles. The molecule has 1 aliphatic carbocycles. The number of nitrogens with zero attached hydrogens (tertiary/aromatic N) is 1. The highest BCUT2D eigenvalue weighted by Gasteiger charge is 2.20. The molecular weight excluding hydrogens is 178 g/mol. The summed E-state index contributed by atoms with van der Waals surface area (Å²) in [6, 6.07) is 2.23. The lowest BCUT2D eigenvalue weighted by Crippen LogP contribution is -2.07. The molecule has 1 saturated carbocycles. The fraction of sp³-hybridized carbons (Fsp3) is 0.545. The summed E-state index contributed by atoms with van der Waals surface area (Å²) in [5.74, 6) is -0.820. The van der Waals surface area contributed by atoms with Crippen molar-refractivity contribution in [2.24, 2.45) is 0 Å². The number of carbonyl (C=O) groups is 1. The zero-order chi connectivity index (χ0) is 10.1. The highest BCUT2D eigenvalue weighted by Crippen LogP contribution is 2.31. The van der Waals surface area contributed by atoms with Crippen LogP contribution in [0, 0.1) is 6.92 Å². The SMILES string of the molecule is Cc1c(C(=O)O)ccn1C1CCCC1. The van der Waals surface area contributed by atoms with Crippen molar-refractivity contribution in [1.29, 1.82) is 0 Å². The minimum Gasteiger partial charge on any atom is -0.478 e. The third kappa shape index (κ3) is 1.43. The summed E-state index contributed by atoms with van der Waals surface area (Å²) >= 11 is 0. The highest BCUT2D eigenvalue weighted by atomic mass is 16.4. The Hall–Kier alpha value is -1.25. The molecule has 1 aromatic rings. The van der Waals surface area contributed by atoms with Gasteiger partial charge in [-0.1, -0.05) is 12.8 Å². The fourth-order valence-corrected chi connectivity index (χ4v) is 2.33. The van der Waals surface area contributed by atoms with Gasteiger partial charge in [-0.15, -0.1) is 0 Å². The summed E-state index contributed by atoms with van der Waals surface area (Å²) in [6.07, 6.45) is 6.83. The molecule has 76 valence electrons. The van der Waals surface area contributed by atoms with E-state index in [2.05, 4.69) is 4.57 Å². The molecule has 3 heteroatoms. The smallest absolute Gasteiger partial charge is 0.337 e. The van der Waals surface area contributed by atoms with E-state index in [0.717, 1.165) is 5.69 Å². The standard InChI is InChI=1S/C11H15NO2/c1-8-10(11(13)14)6-7-12(8)9-4-2-3-5-9/h6-7,9H,2-5H2,1H3,(H,13,14). The number of hydrogen-bond donors (Lipinski definition) is 1. The van der Waals surface area contributed by atoms with Gasteiger partial charge in [-0.2, -0.15) is 0 Å². The maximum absolute atomic E-state index is 10.8. The van der Waals surface area contributed by atoms with Crippen molar-refractivity contribution in [1.82, 2.24) is 4.57 Å². The Labute approximate surface area is 83.4 Å². The molecule has 0 spiro atoms. The van der Waals surface area contributed by atoms with E-state index in [0.29, 0.717) is 11.6 Å². The van der Waals surface area contributed by atoms with Gasteiger partial charge >= 0.3 is 5.97 Å². The Balaban J connectivity index is 2.30. The van der Waals surface area contributed by atoms with Gasteiger partial charge < -0.3 is 9.67 Å². The first kappa shape index (κ1) is 9.31. The van der Waals surface area contributed by atoms with E-state index in [4.69, 9.17) is 5.11 Å². The van der Waals surface area contributed by atoms with Gasteiger partial charge in [-0.05, 0) is 25.8 Å². The maximum atomic E-state index is 10.8. The van der Waals surface area contributed by atoms with Crippen molar-refractivity contribution in [3.63, 3.8) is 0 Å². The zero-order valence-electron chi connectivity index (χ0n) is 8.36. The third-order valence-electron chi connectivity index (χ3n) is 3.13. The minimum absolute atomic E-state index is 0.442. The molecule has 1 N–H and O–H groups in total. The summed E-state index contributed by atoms with van der Waals surface area (Å²) in [5, 5.41) is 8.91. The van der Waals surface area contributed by atoms with Crippen LogP contribution in [0.1, 0.15) is 47.8 Å². The van der Waals surface area contributed by atoms with Crippen LogP contribution < -0.4 is 0 Å². The summed E-state index contributed by atoms with van der Waals surface area (Å²) in [5.41, 5.74) is 1.33. The van der Waals surface area contributed by atoms with Crippen LogP contribution in [0.2, 0.25) is 0 Å². The van der Waals surface area contributed by atoms with Gasteiger partial charge in [0, 0.05) is 17.9 Å². The first-order chi connectivity index (χ1) is 6.70. The van der Waals surface area contributed by atoms with Crippen molar-refractivity contribution in [3.8, 4) is 0 Å². The number of rotatable bonds is 2. The topological polar surface area (TPSA) is 42.2 Å². The number of carboxylic acid groups (broad SMARTS) is 1. The van der Waals surface area contributed by atoms with E-state index >= 15 is 0 Å². The van der Waals surface area contributed by atoms with Gasteiger partial charge in [0.05, 0.1) is 5.56 Å². The van der Waals surface area contributed by atoms with Gasteiger partial charge in [0.15, 0.2) is 0 Å². The molecule has 0 saturated heterocycles. The molecule has 0 aliphatic heterocycles. The van der Waals surface area contributed by atoms with Gasteiger partial charge in [-0.25, -0.2) is 4.79 Å². The number of hydrogen-bond acceptors (Lipinski definition) is 1. The summed E-state index contributed by atoms with van der Waals surface area (Å²) < 4.78 is 2.12. The number of aromatic nitrogens is 1. The molecule has 0 unspecified atom stereocenters. The van der Waals surface area contributed by atoms with Crippen LogP contribution in [-0.2, 0) is 0 Å². The zero-order valence-corrected chi connectivity index (χ0v) is 8.36. The van der Waals surface area contributed by atoms with Crippen molar-refractivity contribution in [3.05, 3.63) is 23.5 Å². The molecule has 0 radical (unpaired) electrons. The maximum Gasteiger partial charge on any atom is 0.337 e. The summed E-state index contributed by atoms with van der Waals surface area (Å²) in [6.45, 7) is 1.89. The van der Waals surface area contributed by atoms with E-state index in [9.17, 15) is 4.79 Å². The predicted octanol–water partition coefficient (Wildman–Crippen LogP) is 2.61. The summed E-state index contributed by atoms with van der Waals surface area (Å²) in [7, 11) is 0. The number of aromatic carboxylic acids is 1. The van der Waals surface area contributed by atoms with Gasteiger partial charge in [0.25, 0.3) is 0 Å². The Morgan fingerprint density at radius 3 is 2.64 bits per heavy atom. The number of carboxylic acids is 1. The Kier molecular flexibility index (Phi) is 2.32. The summed E-state index contributed by atoms with van der Waals surface area (Å²) in [4.78, 5) is 10.8. The lowest BCUT2D eigenvalue weighted by Gasteiger charge is -2.14. The Morgan fingerprint density at radius 2 is 2.14 bits per heavy atom. The molecule has 3 nitrogen and oxygen atoms in total. The lowest BCUT2D eigenvalue weighted by molar-refractivity contribution is 0.0696. The van der Waals surface area contributed by atoms with Gasteiger partial charge in [-0.3, -0.25) is 0 Å². The predicted molar refractivity (Wildman–Crippen MR) is 53.6 cm³/mol. The normalized spacial score (nSPS) is 17.5. The van der Waals surface area contributed by atoms with Gasteiger partial charge in [0.1, 0.15) is 0 Å². The van der Waals surface area contributed by atoms with Crippen molar-refractivity contribution >= 4 is 5.97 Å². The molecule has 1 heterocycles. The molecule has 14 heavy (non-hydrogen) atoms. The van der Waals surface area contributed by atoms with Crippen molar-refractivity contribution in [2.45, 2.75) is 38.6 Å². The molecule has 1 aliphatic rings. The van der Waals surface area contributed by atoms with Crippen LogP contribution in [0.3, 0.4) is 0 Å². The second-order valence-corrected chi connectivity index (χ2v) is 3.97. The van der Waals surface area contributed by atoms with Crippen molar-refractivity contribution in [2.75, 3.05) is 0 Å². The van der Waals surface area contributed by atoms with Gasteiger partial charge in [0.2, 0.25) is 0 Å². The molecule has 1 aromatic heterocycles. The molecule has 0 atom stereocenters. The molecule has 0 amide bonds. The monoisotopic (exact) mass is 193 g/mol. The average molecular weight is 193 g/mol. The van der Waals surface area contributed by atoms with Crippen LogP contribution >= 0.6 is 0 Å². The second-order valence-electron chi connectivity index (χ2n) is 3.97. The minimum atomic E-state index is -0.820. The third-order valence-corrected chi connectivity index (χ3v) is 3.13. The Bertz CT molecular complexity index is 348. The Morgan fingerprint density at radius 1 is 1.50 bits per heavy atom. The first-order valence-corrected chi connectivity index (χ1v) is 5.11. The van der Waals surface area contributed by atoms with Crippen LogP contribution in [0.4, 0.5) is 0 Å². The van der Waals surface area contributed by atoms with Crippen molar-refractivity contribution < 1.29 is 9.90 Å². The van der Waals surface area contributed by atoms with Crippen LogP contribution in [0.15, 0.2) is 12.3 Å². The molecule has 0 bridgehead atoms. The van der Waals surface area contributed by atoms with E-state index < -0.39 is 5.97 Å². The highest BCUT2D eigenvalue weighted by molar-refractivity contribution is 5.88. The molecular formula is C11H15NO2. The average Bonchev–Trinajstić information content (AvgIpc) is 2.71. The van der Waals surface area contributed by atoms with E-state index in [1.54, 1.807) is 6.07 Å². The van der Waals surface area contributed by atoms with E-state index in [-0.39, 0.29) is 0 Å². The van der Waals surface area contributed by atoms with E-state index in [1.807, 2.05) is 13.1 Å². The molecule has 1 fully saturated rings. The van der Waals surface area contributed by atoms with Crippen LogP contribution in [-0.4, -0.2) is 15.6 Å². The second kappa shape index (κ2) is 3.48. The largest absolute Gasteiger partial charge is 0.478 e. The molecule has 2 rings (SSSR count).